The van der Waals surface area contributed by atoms with Gasteiger partial charge in [-0.05, 0) is 44.2 Å². The van der Waals surface area contributed by atoms with Crippen molar-refractivity contribution in [2.75, 3.05) is 20.1 Å². The third kappa shape index (κ3) is 3.50. The largest absolute Gasteiger partial charge is 0.460 e. The van der Waals surface area contributed by atoms with Crippen molar-refractivity contribution in [3.8, 4) is 0 Å². The summed E-state index contributed by atoms with van der Waals surface area (Å²) in [7, 11) is 2.08. The summed E-state index contributed by atoms with van der Waals surface area (Å²) in [4.78, 5) is 14.9. The Balaban J connectivity index is 1.66. The van der Waals surface area contributed by atoms with E-state index in [9.17, 15) is 9.90 Å². The summed E-state index contributed by atoms with van der Waals surface area (Å²) in [5, 5.41) is 11.0. The molecule has 0 aromatic heterocycles. The van der Waals surface area contributed by atoms with Crippen molar-refractivity contribution in [2.24, 2.45) is 5.92 Å². The standard InChI is InChI=1S/C18H25NO3/c1-19-11-9-16(10-12-19)22-17(20)18(21,15-7-8-15)13-14-5-3-2-4-6-14/h2-6,15-16,21H,7-13H2,1H3. The molecule has 1 aliphatic heterocycles. The zero-order chi connectivity index (χ0) is 15.6. The van der Waals surface area contributed by atoms with Crippen LogP contribution in [-0.2, 0) is 16.0 Å². The summed E-state index contributed by atoms with van der Waals surface area (Å²) in [6, 6.07) is 9.72. The van der Waals surface area contributed by atoms with Crippen LogP contribution in [0.15, 0.2) is 30.3 Å². The van der Waals surface area contributed by atoms with E-state index in [1.54, 1.807) is 0 Å². The highest BCUT2D eigenvalue weighted by Gasteiger charge is 2.51. The monoisotopic (exact) mass is 303 g/mol. The summed E-state index contributed by atoms with van der Waals surface area (Å²) < 4.78 is 5.66. The second kappa shape index (κ2) is 6.39. The first-order valence-electron chi connectivity index (χ1n) is 8.24. The maximum Gasteiger partial charge on any atom is 0.339 e. The fraction of sp³-hybridized carbons (Fsp3) is 0.611. The summed E-state index contributed by atoms with van der Waals surface area (Å²) in [6.45, 7) is 1.89. The van der Waals surface area contributed by atoms with Gasteiger partial charge in [-0.1, -0.05) is 30.3 Å². The molecule has 0 radical (unpaired) electrons. The van der Waals surface area contributed by atoms with Crippen molar-refractivity contribution in [3.63, 3.8) is 0 Å². The number of benzene rings is 1. The minimum atomic E-state index is -1.36. The number of piperidine rings is 1. The van der Waals surface area contributed by atoms with E-state index in [-0.39, 0.29) is 12.0 Å². The van der Waals surface area contributed by atoms with Crippen molar-refractivity contribution in [1.82, 2.24) is 4.90 Å². The highest BCUT2D eigenvalue weighted by atomic mass is 16.6. The number of esters is 1. The Kier molecular flexibility index (Phi) is 4.50. The molecular weight excluding hydrogens is 278 g/mol. The second-order valence-corrected chi connectivity index (χ2v) is 6.77. The van der Waals surface area contributed by atoms with E-state index in [0.29, 0.717) is 6.42 Å². The molecule has 2 fully saturated rings. The first-order chi connectivity index (χ1) is 10.6. The molecule has 0 bridgehead atoms. The third-order valence-corrected chi connectivity index (χ3v) is 4.86. The molecular formula is C18H25NO3. The number of hydrogen-bond acceptors (Lipinski definition) is 4. The van der Waals surface area contributed by atoms with Crippen LogP contribution in [0.25, 0.3) is 0 Å². The van der Waals surface area contributed by atoms with Crippen molar-refractivity contribution >= 4 is 5.97 Å². The highest BCUT2D eigenvalue weighted by Crippen LogP contribution is 2.42. The molecule has 4 nitrogen and oxygen atoms in total. The smallest absolute Gasteiger partial charge is 0.339 e. The van der Waals surface area contributed by atoms with Gasteiger partial charge in [-0.3, -0.25) is 0 Å². The molecule has 1 atom stereocenters. The second-order valence-electron chi connectivity index (χ2n) is 6.77. The van der Waals surface area contributed by atoms with Crippen LogP contribution < -0.4 is 0 Å². The van der Waals surface area contributed by atoms with Gasteiger partial charge in [0.1, 0.15) is 6.10 Å². The number of likely N-dealkylation sites (tertiary alicyclic amines) is 1. The maximum absolute atomic E-state index is 12.6. The van der Waals surface area contributed by atoms with Crippen LogP contribution in [0.3, 0.4) is 0 Å². The Labute approximate surface area is 132 Å². The predicted octanol–water partition coefficient (Wildman–Crippen LogP) is 2.01. The van der Waals surface area contributed by atoms with E-state index in [4.69, 9.17) is 4.74 Å². The van der Waals surface area contributed by atoms with Crippen LogP contribution in [0, 0.1) is 5.92 Å². The van der Waals surface area contributed by atoms with E-state index in [1.165, 1.54) is 0 Å². The lowest BCUT2D eigenvalue weighted by atomic mass is 9.89. The molecule has 3 rings (SSSR count). The predicted molar refractivity (Wildman–Crippen MR) is 84.4 cm³/mol. The molecule has 0 spiro atoms. The first kappa shape index (κ1) is 15.5. The van der Waals surface area contributed by atoms with E-state index in [2.05, 4.69) is 11.9 Å². The number of carbonyl (C=O) groups excluding carboxylic acids is 1. The van der Waals surface area contributed by atoms with Gasteiger partial charge >= 0.3 is 5.97 Å². The summed E-state index contributed by atoms with van der Waals surface area (Å²) in [5.41, 5.74) is -0.373. The molecule has 2 aliphatic rings. The fourth-order valence-corrected chi connectivity index (χ4v) is 3.21. The molecule has 1 saturated heterocycles. The topological polar surface area (TPSA) is 49.8 Å². The minimum Gasteiger partial charge on any atom is -0.460 e. The molecule has 1 heterocycles. The Morgan fingerprint density at radius 3 is 2.45 bits per heavy atom. The van der Waals surface area contributed by atoms with E-state index in [1.807, 2.05) is 30.3 Å². The lowest BCUT2D eigenvalue weighted by molar-refractivity contribution is -0.175. The number of carbonyl (C=O) groups is 1. The molecule has 1 aromatic rings. The maximum atomic E-state index is 12.6. The Morgan fingerprint density at radius 2 is 1.86 bits per heavy atom. The summed E-state index contributed by atoms with van der Waals surface area (Å²) >= 11 is 0. The average Bonchev–Trinajstić information content (AvgIpc) is 3.35. The SMILES string of the molecule is CN1CCC(OC(=O)C(O)(Cc2ccccc2)C2CC2)CC1. The van der Waals surface area contributed by atoms with Crippen LogP contribution >= 0.6 is 0 Å². The van der Waals surface area contributed by atoms with Crippen LogP contribution in [0.4, 0.5) is 0 Å². The number of nitrogens with zero attached hydrogens (tertiary/aromatic N) is 1. The van der Waals surface area contributed by atoms with Crippen LogP contribution in [0.1, 0.15) is 31.2 Å². The van der Waals surface area contributed by atoms with E-state index < -0.39 is 11.6 Å². The van der Waals surface area contributed by atoms with Crippen molar-refractivity contribution in [3.05, 3.63) is 35.9 Å². The Bertz CT molecular complexity index is 506. The average molecular weight is 303 g/mol. The molecule has 1 saturated carbocycles. The van der Waals surface area contributed by atoms with Gasteiger partial charge in [0.25, 0.3) is 0 Å². The third-order valence-electron chi connectivity index (χ3n) is 4.86. The van der Waals surface area contributed by atoms with Gasteiger partial charge in [0.2, 0.25) is 0 Å². The first-order valence-corrected chi connectivity index (χ1v) is 8.24. The van der Waals surface area contributed by atoms with Gasteiger partial charge in [0.15, 0.2) is 5.60 Å². The van der Waals surface area contributed by atoms with E-state index >= 15 is 0 Å². The van der Waals surface area contributed by atoms with E-state index in [0.717, 1.165) is 44.3 Å². The van der Waals surface area contributed by atoms with Gasteiger partial charge in [-0.15, -0.1) is 0 Å². The van der Waals surface area contributed by atoms with Gasteiger partial charge in [-0.2, -0.15) is 0 Å². The molecule has 1 unspecified atom stereocenters. The highest BCUT2D eigenvalue weighted by molar-refractivity contribution is 5.81. The number of rotatable bonds is 5. The Hall–Kier alpha value is -1.39. The molecule has 1 aliphatic carbocycles. The fourth-order valence-electron chi connectivity index (χ4n) is 3.21. The normalized spacial score (nSPS) is 23.0. The zero-order valence-corrected chi connectivity index (χ0v) is 13.2. The van der Waals surface area contributed by atoms with Gasteiger partial charge < -0.3 is 14.7 Å². The van der Waals surface area contributed by atoms with Crippen LogP contribution in [-0.4, -0.2) is 47.8 Å². The molecule has 120 valence electrons. The van der Waals surface area contributed by atoms with Gasteiger partial charge in [0.05, 0.1) is 0 Å². The lowest BCUT2D eigenvalue weighted by Gasteiger charge is -2.32. The molecule has 4 heteroatoms. The van der Waals surface area contributed by atoms with Crippen molar-refractivity contribution in [2.45, 2.75) is 43.8 Å². The number of ether oxygens (including phenoxy) is 1. The number of hydrogen-bond donors (Lipinski definition) is 1. The van der Waals surface area contributed by atoms with Crippen LogP contribution in [0.5, 0.6) is 0 Å². The lowest BCUT2D eigenvalue weighted by Crippen LogP contribution is -2.47. The molecule has 22 heavy (non-hydrogen) atoms. The molecule has 1 aromatic carbocycles. The van der Waals surface area contributed by atoms with Crippen LogP contribution in [0.2, 0.25) is 0 Å². The Morgan fingerprint density at radius 1 is 1.23 bits per heavy atom. The van der Waals surface area contributed by atoms with Crippen molar-refractivity contribution < 1.29 is 14.6 Å². The molecule has 1 N–H and O–H groups in total. The van der Waals surface area contributed by atoms with Crippen molar-refractivity contribution in [1.29, 1.82) is 0 Å². The summed E-state index contributed by atoms with van der Waals surface area (Å²) in [5.74, 6) is -0.375. The quantitative estimate of drug-likeness (QED) is 0.845. The molecule has 0 amide bonds. The minimum absolute atomic E-state index is 0.0477. The van der Waals surface area contributed by atoms with Gasteiger partial charge in [-0.25, -0.2) is 4.79 Å². The zero-order valence-electron chi connectivity index (χ0n) is 13.2. The summed E-state index contributed by atoms with van der Waals surface area (Å²) in [6.07, 6.45) is 3.83. The van der Waals surface area contributed by atoms with Gasteiger partial charge in [0, 0.05) is 19.5 Å². The number of aliphatic hydroxyl groups is 1.